The van der Waals surface area contributed by atoms with Crippen molar-refractivity contribution in [2.45, 2.75) is 11.3 Å². The summed E-state index contributed by atoms with van der Waals surface area (Å²) in [6.07, 6.45) is 2.84. The minimum Gasteiger partial charge on any atom is -0.398 e. The number of hydrogen-bond acceptors (Lipinski definition) is 4. The number of nitrogens with two attached hydrogens (primary N) is 1. The molecule has 0 atom stereocenters. The van der Waals surface area contributed by atoms with Gasteiger partial charge in [0.1, 0.15) is 4.90 Å². The lowest BCUT2D eigenvalue weighted by atomic mass is 10.3. The molecule has 0 aliphatic heterocycles. The van der Waals surface area contributed by atoms with Crippen molar-refractivity contribution in [1.29, 1.82) is 0 Å². The van der Waals surface area contributed by atoms with E-state index in [0.717, 1.165) is 12.2 Å². The lowest BCUT2D eigenvalue weighted by molar-refractivity contribution is 0.470. The SMILES string of the molecule is CSCCCN(C)S(=O)(=O)c1ccccc1N. The van der Waals surface area contributed by atoms with E-state index in [0.29, 0.717) is 12.2 Å². The van der Waals surface area contributed by atoms with Gasteiger partial charge >= 0.3 is 0 Å². The van der Waals surface area contributed by atoms with Gasteiger partial charge in [-0.15, -0.1) is 0 Å². The van der Waals surface area contributed by atoms with Crippen molar-refractivity contribution in [3.05, 3.63) is 24.3 Å². The molecule has 1 rings (SSSR count). The number of nitrogen functional groups attached to an aromatic ring is 1. The van der Waals surface area contributed by atoms with E-state index in [2.05, 4.69) is 0 Å². The van der Waals surface area contributed by atoms with Crippen LogP contribution in [0, 0.1) is 0 Å². The Kier molecular flexibility index (Phi) is 5.30. The van der Waals surface area contributed by atoms with Gasteiger partial charge in [-0.1, -0.05) is 12.1 Å². The first kappa shape index (κ1) is 14.3. The zero-order valence-corrected chi connectivity index (χ0v) is 11.7. The average Bonchev–Trinajstić information content (AvgIpc) is 2.29. The maximum Gasteiger partial charge on any atom is 0.244 e. The van der Waals surface area contributed by atoms with Crippen LogP contribution in [0.25, 0.3) is 0 Å². The van der Waals surface area contributed by atoms with Gasteiger partial charge in [0.05, 0.1) is 5.69 Å². The molecule has 6 heteroatoms. The zero-order chi connectivity index (χ0) is 12.9. The van der Waals surface area contributed by atoms with Crippen LogP contribution in [0.15, 0.2) is 29.2 Å². The summed E-state index contributed by atoms with van der Waals surface area (Å²) >= 11 is 1.71. The number of hydrogen-bond donors (Lipinski definition) is 1. The molecule has 0 aliphatic carbocycles. The van der Waals surface area contributed by atoms with Crippen LogP contribution in [0.5, 0.6) is 0 Å². The Bertz CT molecular complexity index is 460. The number of anilines is 1. The van der Waals surface area contributed by atoms with E-state index in [9.17, 15) is 8.42 Å². The Hall–Kier alpha value is -0.720. The normalized spacial score (nSPS) is 11.9. The van der Waals surface area contributed by atoms with E-state index >= 15 is 0 Å². The van der Waals surface area contributed by atoms with E-state index in [1.807, 2.05) is 6.26 Å². The third-order valence-corrected chi connectivity index (χ3v) is 5.06. The largest absolute Gasteiger partial charge is 0.398 e. The van der Waals surface area contributed by atoms with Gasteiger partial charge in [0.25, 0.3) is 0 Å². The Morgan fingerprint density at radius 2 is 2.00 bits per heavy atom. The van der Waals surface area contributed by atoms with Gasteiger partial charge in [0.2, 0.25) is 10.0 Å². The van der Waals surface area contributed by atoms with Crippen LogP contribution >= 0.6 is 11.8 Å². The maximum atomic E-state index is 12.2. The molecule has 4 nitrogen and oxygen atoms in total. The van der Waals surface area contributed by atoms with Crippen molar-refractivity contribution >= 4 is 27.5 Å². The molecule has 0 heterocycles. The lowest BCUT2D eigenvalue weighted by Crippen LogP contribution is -2.28. The van der Waals surface area contributed by atoms with Crippen LogP contribution in [-0.4, -0.2) is 38.3 Å². The van der Waals surface area contributed by atoms with Gasteiger partial charge in [-0.25, -0.2) is 12.7 Å². The van der Waals surface area contributed by atoms with Crippen LogP contribution in [0.3, 0.4) is 0 Å². The smallest absolute Gasteiger partial charge is 0.244 e. The summed E-state index contributed by atoms with van der Waals surface area (Å²) in [6.45, 7) is 0.511. The summed E-state index contributed by atoms with van der Waals surface area (Å²) in [7, 11) is -1.87. The number of sulfonamides is 1. The first-order valence-corrected chi connectivity index (χ1v) is 8.13. The van der Waals surface area contributed by atoms with Crippen LogP contribution < -0.4 is 5.73 Å². The van der Waals surface area contributed by atoms with Crippen LogP contribution in [-0.2, 0) is 10.0 Å². The summed E-state index contributed by atoms with van der Waals surface area (Å²) in [5.74, 6) is 0.949. The monoisotopic (exact) mass is 274 g/mol. The van der Waals surface area contributed by atoms with Gasteiger partial charge in [0, 0.05) is 13.6 Å². The highest BCUT2D eigenvalue weighted by molar-refractivity contribution is 7.98. The molecule has 0 saturated carbocycles. The Balaban J connectivity index is 2.85. The fraction of sp³-hybridized carbons (Fsp3) is 0.455. The third kappa shape index (κ3) is 3.62. The molecule has 0 fully saturated rings. The molecule has 0 amide bonds. The number of rotatable bonds is 6. The van der Waals surface area contributed by atoms with E-state index in [-0.39, 0.29) is 4.90 Å². The van der Waals surface area contributed by atoms with Crippen molar-refractivity contribution in [1.82, 2.24) is 4.31 Å². The molecular weight excluding hydrogens is 256 g/mol. The molecule has 0 bridgehead atoms. The van der Waals surface area contributed by atoms with Crippen molar-refractivity contribution < 1.29 is 8.42 Å². The van der Waals surface area contributed by atoms with Crippen molar-refractivity contribution in [2.75, 3.05) is 31.3 Å². The summed E-state index contributed by atoms with van der Waals surface area (Å²) in [4.78, 5) is 0.187. The molecule has 17 heavy (non-hydrogen) atoms. The molecular formula is C11H18N2O2S2. The van der Waals surface area contributed by atoms with Gasteiger partial charge < -0.3 is 5.73 Å². The van der Waals surface area contributed by atoms with Crippen molar-refractivity contribution in [3.8, 4) is 0 Å². The molecule has 1 aromatic carbocycles. The second kappa shape index (κ2) is 6.28. The fourth-order valence-electron chi connectivity index (χ4n) is 1.44. The first-order valence-electron chi connectivity index (χ1n) is 5.30. The minimum atomic E-state index is -3.45. The summed E-state index contributed by atoms with van der Waals surface area (Å²) in [5.41, 5.74) is 5.98. The molecule has 0 aromatic heterocycles. The maximum absolute atomic E-state index is 12.2. The second-order valence-corrected chi connectivity index (χ2v) is 6.71. The number of nitrogens with zero attached hydrogens (tertiary/aromatic N) is 1. The molecule has 1 aromatic rings. The lowest BCUT2D eigenvalue weighted by Gasteiger charge is -2.17. The Morgan fingerprint density at radius 1 is 1.35 bits per heavy atom. The standard InChI is InChI=1S/C11H18N2O2S2/c1-13(8-5-9-16-2)17(14,15)11-7-4-3-6-10(11)12/h3-4,6-7H,5,8-9,12H2,1-2H3. The number of thioether (sulfide) groups is 1. The number of para-hydroxylation sites is 1. The second-order valence-electron chi connectivity index (χ2n) is 3.71. The topological polar surface area (TPSA) is 63.4 Å². The molecule has 2 N–H and O–H groups in total. The minimum absolute atomic E-state index is 0.187. The average molecular weight is 274 g/mol. The third-order valence-electron chi connectivity index (χ3n) is 2.43. The summed E-state index contributed by atoms with van der Waals surface area (Å²) < 4.78 is 25.7. The molecule has 0 radical (unpaired) electrons. The van der Waals surface area contributed by atoms with Gasteiger partial charge in [0.15, 0.2) is 0 Å². The van der Waals surface area contributed by atoms with Gasteiger partial charge in [-0.2, -0.15) is 11.8 Å². The quantitative estimate of drug-likeness (QED) is 0.633. The van der Waals surface area contributed by atoms with E-state index < -0.39 is 10.0 Å². The van der Waals surface area contributed by atoms with E-state index in [4.69, 9.17) is 5.73 Å². The molecule has 0 spiro atoms. The highest BCUT2D eigenvalue weighted by Gasteiger charge is 2.22. The Morgan fingerprint density at radius 3 is 2.59 bits per heavy atom. The predicted molar refractivity (Wildman–Crippen MR) is 73.7 cm³/mol. The fourth-order valence-corrected chi connectivity index (χ4v) is 3.17. The molecule has 96 valence electrons. The Labute approximate surface area is 107 Å². The number of benzene rings is 1. The van der Waals surface area contributed by atoms with Crippen molar-refractivity contribution in [2.24, 2.45) is 0 Å². The summed E-state index contributed by atoms with van der Waals surface area (Å²) in [5, 5.41) is 0. The van der Waals surface area contributed by atoms with Crippen LogP contribution in [0.2, 0.25) is 0 Å². The van der Waals surface area contributed by atoms with Gasteiger partial charge in [-0.3, -0.25) is 0 Å². The highest BCUT2D eigenvalue weighted by atomic mass is 32.2. The van der Waals surface area contributed by atoms with Crippen molar-refractivity contribution in [3.63, 3.8) is 0 Å². The van der Waals surface area contributed by atoms with Crippen LogP contribution in [0.1, 0.15) is 6.42 Å². The molecule has 0 saturated heterocycles. The van der Waals surface area contributed by atoms with Gasteiger partial charge in [-0.05, 0) is 30.6 Å². The van der Waals surface area contributed by atoms with E-state index in [1.54, 1.807) is 37.0 Å². The van der Waals surface area contributed by atoms with Crippen LogP contribution in [0.4, 0.5) is 5.69 Å². The van der Waals surface area contributed by atoms with E-state index in [1.165, 1.54) is 10.4 Å². The first-order chi connectivity index (χ1) is 8.00. The zero-order valence-electron chi connectivity index (χ0n) is 10.1. The molecule has 0 aliphatic rings. The highest BCUT2D eigenvalue weighted by Crippen LogP contribution is 2.20. The molecule has 0 unspecified atom stereocenters. The predicted octanol–water partition coefficient (Wildman–Crippen LogP) is 1.64. The summed E-state index contributed by atoms with van der Waals surface area (Å²) in [6, 6.07) is 6.54.